The van der Waals surface area contributed by atoms with Crippen LogP contribution in [0.4, 0.5) is 27.4 Å². The van der Waals surface area contributed by atoms with Crippen LogP contribution in [0.3, 0.4) is 0 Å². The number of nitrogens with one attached hydrogen (secondary N) is 2. The number of aromatic nitrogens is 4. The van der Waals surface area contributed by atoms with Crippen LogP contribution in [-0.4, -0.2) is 43.6 Å². The average molecular weight is 440 g/mol. The molecule has 14 heteroatoms. The minimum atomic E-state index is -0.700. The summed E-state index contributed by atoms with van der Waals surface area (Å²) in [6, 6.07) is 8.03. The Morgan fingerprint density at radius 2 is 1.84 bits per heavy atom. The zero-order valence-electron chi connectivity index (χ0n) is 16.2. The molecule has 162 valence electrons. The quantitative estimate of drug-likeness (QED) is 0.219. The molecule has 4 aromatic rings. The van der Waals surface area contributed by atoms with Crippen molar-refractivity contribution in [1.82, 2.24) is 20.3 Å². The van der Waals surface area contributed by atoms with Crippen LogP contribution in [0.1, 0.15) is 5.56 Å². The van der Waals surface area contributed by atoms with Gasteiger partial charge in [-0.1, -0.05) is 0 Å². The molecule has 0 aliphatic carbocycles. The van der Waals surface area contributed by atoms with Gasteiger partial charge in [0.25, 0.3) is 0 Å². The molecule has 2 heterocycles. The molecule has 0 aliphatic rings. The number of nitrogens with zero attached hydrogens (tertiary/aromatic N) is 6. The summed E-state index contributed by atoms with van der Waals surface area (Å²) in [6.07, 6.45) is 1.15. The molecule has 2 aromatic heterocycles. The molecule has 0 saturated carbocycles. The molecule has 13 nitrogen and oxygen atoms in total. The zero-order valence-corrected chi connectivity index (χ0v) is 16.2. The highest BCUT2D eigenvalue weighted by Gasteiger charge is 2.23. The minimum Gasteiger partial charge on any atom is -0.504 e. The van der Waals surface area contributed by atoms with Crippen molar-refractivity contribution in [3.63, 3.8) is 0 Å². The first-order chi connectivity index (χ1) is 15.5. The number of hydrazone groups is 1. The highest BCUT2D eigenvalue weighted by atomic mass is 19.1. The van der Waals surface area contributed by atoms with Gasteiger partial charge in [-0.05, 0) is 46.7 Å². The van der Waals surface area contributed by atoms with Crippen LogP contribution in [0.15, 0.2) is 46.1 Å². The minimum absolute atomic E-state index is 0.0577. The summed E-state index contributed by atoms with van der Waals surface area (Å²) in [6.45, 7) is 0. The average Bonchev–Trinajstić information content (AvgIpc) is 3.23. The van der Waals surface area contributed by atoms with Gasteiger partial charge >= 0.3 is 5.69 Å². The molecule has 0 saturated heterocycles. The highest BCUT2D eigenvalue weighted by Crippen LogP contribution is 2.38. The van der Waals surface area contributed by atoms with E-state index < -0.39 is 16.4 Å². The van der Waals surface area contributed by atoms with Gasteiger partial charge in [-0.25, -0.2) is 14.0 Å². The molecular formula is C18H13FN8O5. The normalized spacial score (nSPS) is 11.1. The summed E-state index contributed by atoms with van der Waals surface area (Å²) in [7, 11) is 1.20. The third-order valence-corrected chi connectivity index (χ3v) is 4.12. The SMILES string of the molecule is COc1c(O)ccc(/C=N/Nc2nc3nonc3nc2Nc2ccc(F)cc2)c1[N+](=O)[O-]. The van der Waals surface area contributed by atoms with Crippen molar-refractivity contribution in [2.45, 2.75) is 0 Å². The first-order valence-corrected chi connectivity index (χ1v) is 8.82. The maximum Gasteiger partial charge on any atom is 0.323 e. The van der Waals surface area contributed by atoms with Crippen molar-refractivity contribution >= 4 is 40.5 Å². The summed E-state index contributed by atoms with van der Waals surface area (Å²) >= 11 is 0. The number of phenols is 1. The number of ether oxygens (including phenoxy) is 1. The second-order valence-corrected chi connectivity index (χ2v) is 6.15. The lowest BCUT2D eigenvalue weighted by molar-refractivity contribution is -0.385. The van der Waals surface area contributed by atoms with E-state index >= 15 is 0 Å². The molecule has 0 unspecified atom stereocenters. The monoisotopic (exact) mass is 440 g/mol. The zero-order chi connectivity index (χ0) is 22.7. The Morgan fingerprint density at radius 3 is 2.50 bits per heavy atom. The van der Waals surface area contributed by atoms with Gasteiger partial charge in [-0.2, -0.15) is 10.1 Å². The summed E-state index contributed by atoms with van der Waals surface area (Å²) in [5, 5.41) is 35.4. The van der Waals surface area contributed by atoms with Gasteiger partial charge in [-0.3, -0.25) is 15.5 Å². The predicted molar refractivity (Wildman–Crippen MR) is 110 cm³/mol. The second-order valence-electron chi connectivity index (χ2n) is 6.15. The van der Waals surface area contributed by atoms with Gasteiger partial charge in [0.05, 0.1) is 23.8 Å². The van der Waals surface area contributed by atoms with Gasteiger partial charge in [0.2, 0.25) is 17.0 Å². The molecule has 3 N–H and O–H groups in total. The van der Waals surface area contributed by atoms with Gasteiger partial charge in [0.1, 0.15) is 5.82 Å². The predicted octanol–water partition coefficient (Wildman–Crippen LogP) is 2.96. The molecule has 0 fully saturated rings. The fourth-order valence-electron chi connectivity index (χ4n) is 2.71. The third-order valence-electron chi connectivity index (χ3n) is 4.12. The number of fused-ring (bicyclic) bond motifs is 1. The van der Waals surface area contributed by atoms with Gasteiger partial charge in [0, 0.05) is 5.69 Å². The van der Waals surface area contributed by atoms with Crippen molar-refractivity contribution in [3.8, 4) is 11.5 Å². The molecule has 4 rings (SSSR count). The lowest BCUT2D eigenvalue weighted by atomic mass is 10.1. The number of benzene rings is 2. The lowest BCUT2D eigenvalue weighted by Crippen LogP contribution is -2.04. The van der Waals surface area contributed by atoms with E-state index in [1.807, 2.05) is 0 Å². The van der Waals surface area contributed by atoms with E-state index in [-0.39, 0.29) is 40.0 Å². The smallest absolute Gasteiger partial charge is 0.323 e. The highest BCUT2D eigenvalue weighted by molar-refractivity contribution is 5.89. The Morgan fingerprint density at radius 1 is 1.16 bits per heavy atom. The van der Waals surface area contributed by atoms with E-state index in [0.717, 1.165) is 6.21 Å². The number of anilines is 3. The molecule has 0 bridgehead atoms. The number of phenolic OH excluding ortho intramolecular Hbond substituents is 1. The molecule has 0 aliphatic heterocycles. The Bertz CT molecular complexity index is 1330. The van der Waals surface area contributed by atoms with E-state index in [9.17, 15) is 19.6 Å². The number of nitro benzene ring substituents is 1. The Balaban J connectivity index is 1.66. The van der Waals surface area contributed by atoms with Crippen molar-refractivity contribution in [1.29, 1.82) is 0 Å². The van der Waals surface area contributed by atoms with Crippen LogP contribution >= 0.6 is 0 Å². The fraction of sp³-hybridized carbons (Fsp3) is 0.0556. The number of methoxy groups -OCH3 is 1. The van der Waals surface area contributed by atoms with E-state index in [1.165, 1.54) is 43.5 Å². The van der Waals surface area contributed by atoms with Crippen molar-refractivity contribution in [3.05, 3.63) is 57.9 Å². The van der Waals surface area contributed by atoms with Crippen LogP contribution in [0.25, 0.3) is 11.3 Å². The summed E-state index contributed by atoms with van der Waals surface area (Å²) in [5.74, 6) is -0.846. The Hall–Kier alpha value is -4.88. The van der Waals surface area contributed by atoms with Crippen LogP contribution in [0.5, 0.6) is 11.5 Å². The van der Waals surface area contributed by atoms with Crippen LogP contribution < -0.4 is 15.5 Å². The number of aromatic hydroxyl groups is 1. The summed E-state index contributed by atoms with van der Waals surface area (Å²) in [4.78, 5) is 19.2. The van der Waals surface area contributed by atoms with Crippen LogP contribution in [-0.2, 0) is 0 Å². The van der Waals surface area contributed by atoms with Gasteiger partial charge in [0.15, 0.2) is 17.4 Å². The number of hydrogen-bond donors (Lipinski definition) is 3. The number of halogens is 1. The second kappa shape index (κ2) is 8.47. The van der Waals surface area contributed by atoms with Crippen molar-refractivity contribution in [2.75, 3.05) is 17.9 Å². The number of nitro groups is 1. The molecule has 0 spiro atoms. The number of rotatable bonds is 7. The summed E-state index contributed by atoms with van der Waals surface area (Å²) in [5.41, 5.74) is 2.91. The maximum atomic E-state index is 13.2. The topological polar surface area (TPSA) is 174 Å². The van der Waals surface area contributed by atoms with E-state index in [0.29, 0.717) is 5.69 Å². The first kappa shape index (κ1) is 20.4. The van der Waals surface area contributed by atoms with E-state index in [2.05, 4.69) is 40.8 Å². The Kier molecular flexibility index (Phi) is 5.40. The van der Waals surface area contributed by atoms with Crippen LogP contribution in [0.2, 0.25) is 0 Å². The maximum absolute atomic E-state index is 13.2. The standard InChI is InChI=1S/C18H13FN8O5/c1-31-14-12(28)7-2-9(13(14)27(29)30)8-20-24-16-15(21-11-5-3-10(19)4-6-11)22-17-18(23-16)26-32-25-17/h2-8,28H,1H3,(H,21,22,25)(H,23,24,26)/b20-8+. The largest absolute Gasteiger partial charge is 0.504 e. The van der Waals surface area contributed by atoms with Gasteiger partial charge < -0.3 is 15.2 Å². The fourth-order valence-corrected chi connectivity index (χ4v) is 2.71. The molecular weight excluding hydrogens is 427 g/mol. The van der Waals surface area contributed by atoms with E-state index in [1.54, 1.807) is 0 Å². The number of hydrogen-bond acceptors (Lipinski definition) is 12. The Labute approximate surface area is 177 Å². The molecule has 2 aromatic carbocycles. The first-order valence-electron chi connectivity index (χ1n) is 8.82. The molecule has 32 heavy (non-hydrogen) atoms. The van der Waals surface area contributed by atoms with Crippen LogP contribution in [0, 0.1) is 15.9 Å². The summed E-state index contributed by atoms with van der Waals surface area (Å²) < 4.78 is 22.7. The van der Waals surface area contributed by atoms with Crippen molar-refractivity contribution in [2.24, 2.45) is 5.10 Å². The molecule has 0 radical (unpaired) electrons. The van der Waals surface area contributed by atoms with E-state index in [4.69, 9.17) is 4.74 Å². The third kappa shape index (κ3) is 4.04. The molecule has 0 amide bonds. The molecule has 0 atom stereocenters. The van der Waals surface area contributed by atoms with Gasteiger partial charge in [-0.15, -0.1) is 0 Å². The van der Waals surface area contributed by atoms with Crippen molar-refractivity contribution < 1.29 is 23.8 Å². The lowest BCUT2D eigenvalue weighted by Gasteiger charge is -2.09.